The van der Waals surface area contributed by atoms with Crippen LogP contribution in [-0.4, -0.2) is 35.1 Å². The maximum absolute atomic E-state index is 11.9. The van der Waals surface area contributed by atoms with Crippen molar-refractivity contribution in [3.8, 4) is 0 Å². The summed E-state index contributed by atoms with van der Waals surface area (Å²) in [5.74, 6) is -0.164. The Hall–Kier alpha value is -1.79. The summed E-state index contributed by atoms with van der Waals surface area (Å²) in [7, 11) is 3.92. The fourth-order valence-electron chi connectivity index (χ4n) is 1.40. The van der Waals surface area contributed by atoms with E-state index in [0.717, 1.165) is 11.6 Å². The van der Waals surface area contributed by atoms with Gasteiger partial charge in [0.1, 0.15) is 5.01 Å². The lowest BCUT2D eigenvalue weighted by atomic mass is 10.2. The van der Waals surface area contributed by atoms with Gasteiger partial charge < -0.3 is 4.90 Å². The zero-order chi connectivity index (χ0) is 13.0. The number of aromatic nitrogens is 2. The van der Waals surface area contributed by atoms with Crippen molar-refractivity contribution in [3.05, 3.63) is 40.9 Å². The summed E-state index contributed by atoms with van der Waals surface area (Å²) < 4.78 is 0. The van der Waals surface area contributed by atoms with Crippen LogP contribution in [0, 0.1) is 0 Å². The van der Waals surface area contributed by atoms with E-state index in [-0.39, 0.29) is 5.91 Å². The van der Waals surface area contributed by atoms with Gasteiger partial charge in [-0.15, -0.1) is 10.2 Å². The molecule has 1 aromatic carbocycles. The smallest absolute Gasteiger partial charge is 0.257 e. The predicted octanol–water partition coefficient (Wildman–Crippen LogP) is 1.85. The molecule has 0 saturated heterocycles. The Kier molecular flexibility index (Phi) is 4.01. The molecule has 2 aromatic rings. The van der Waals surface area contributed by atoms with E-state index in [1.807, 2.05) is 37.2 Å². The molecule has 0 unspecified atom stereocenters. The molecule has 0 bridgehead atoms. The van der Waals surface area contributed by atoms with E-state index in [1.54, 1.807) is 12.1 Å². The Morgan fingerprint density at radius 1 is 1.28 bits per heavy atom. The molecule has 0 fully saturated rings. The van der Waals surface area contributed by atoms with Gasteiger partial charge in [-0.3, -0.25) is 10.1 Å². The summed E-state index contributed by atoms with van der Waals surface area (Å²) in [6.07, 6.45) is 0. The van der Waals surface area contributed by atoms with Gasteiger partial charge in [-0.1, -0.05) is 29.5 Å². The predicted molar refractivity (Wildman–Crippen MR) is 71.7 cm³/mol. The molecular weight excluding hydrogens is 248 g/mol. The number of anilines is 1. The molecule has 0 spiro atoms. The topological polar surface area (TPSA) is 58.1 Å². The van der Waals surface area contributed by atoms with Crippen LogP contribution in [0.25, 0.3) is 0 Å². The molecule has 1 aromatic heterocycles. The number of nitrogens with zero attached hydrogens (tertiary/aromatic N) is 3. The van der Waals surface area contributed by atoms with Crippen molar-refractivity contribution in [2.75, 3.05) is 19.4 Å². The molecule has 6 heteroatoms. The average Bonchev–Trinajstić information content (AvgIpc) is 2.76. The van der Waals surface area contributed by atoms with Crippen molar-refractivity contribution in [3.63, 3.8) is 0 Å². The molecule has 1 amide bonds. The first kappa shape index (κ1) is 12.7. The number of hydrogen-bond acceptors (Lipinski definition) is 5. The minimum Gasteiger partial charge on any atom is -0.303 e. The second-order valence-electron chi connectivity index (χ2n) is 4.06. The normalized spacial score (nSPS) is 10.6. The highest BCUT2D eigenvalue weighted by molar-refractivity contribution is 7.15. The largest absolute Gasteiger partial charge is 0.303 e. The molecule has 18 heavy (non-hydrogen) atoms. The van der Waals surface area contributed by atoms with Gasteiger partial charge in [-0.25, -0.2) is 0 Å². The van der Waals surface area contributed by atoms with E-state index in [4.69, 9.17) is 0 Å². The number of amides is 1. The molecule has 5 nitrogen and oxygen atoms in total. The fraction of sp³-hybridized carbons (Fsp3) is 0.250. The number of nitrogens with one attached hydrogen (secondary N) is 1. The van der Waals surface area contributed by atoms with Crippen molar-refractivity contribution >= 4 is 22.4 Å². The molecule has 1 heterocycles. The van der Waals surface area contributed by atoms with Gasteiger partial charge in [0.15, 0.2) is 0 Å². The lowest BCUT2D eigenvalue weighted by Crippen LogP contribution is -2.11. The van der Waals surface area contributed by atoms with E-state index in [0.29, 0.717) is 10.7 Å². The highest BCUT2D eigenvalue weighted by Crippen LogP contribution is 2.17. The summed E-state index contributed by atoms with van der Waals surface area (Å²) in [5, 5.41) is 12.1. The maximum Gasteiger partial charge on any atom is 0.257 e. The highest BCUT2D eigenvalue weighted by atomic mass is 32.1. The maximum atomic E-state index is 11.9. The third-order valence-electron chi connectivity index (χ3n) is 2.17. The van der Waals surface area contributed by atoms with E-state index in [2.05, 4.69) is 15.5 Å². The van der Waals surface area contributed by atoms with Gasteiger partial charge in [-0.05, 0) is 26.2 Å². The van der Waals surface area contributed by atoms with Gasteiger partial charge in [0.2, 0.25) is 5.13 Å². The van der Waals surface area contributed by atoms with Crippen molar-refractivity contribution in [1.29, 1.82) is 0 Å². The summed E-state index contributed by atoms with van der Waals surface area (Å²) in [6.45, 7) is 0.721. The van der Waals surface area contributed by atoms with Crippen molar-refractivity contribution in [2.24, 2.45) is 0 Å². The Morgan fingerprint density at radius 3 is 2.67 bits per heavy atom. The minimum absolute atomic E-state index is 0.164. The van der Waals surface area contributed by atoms with Crippen LogP contribution in [0.2, 0.25) is 0 Å². The summed E-state index contributed by atoms with van der Waals surface area (Å²) >= 11 is 1.39. The van der Waals surface area contributed by atoms with Crippen molar-refractivity contribution < 1.29 is 4.79 Å². The Bertz CT molecular complexity index is 524. The van der Waals surface area contributed by atoms with Gasteiger partial charge in [0.05, 0.1) is 6.54 Å². The number of hydrogen-bond donors (Lipinski definition) is 1. The van der Waals surface area contributed by atoms with Crippen LogP contribution < -0.4 is 5.32 Å². The molecule has 0 saturated carbocycles. The second kappa shape index (κ2) is 5.70. The first-order valence-corrected chi connectivity index (χ1v) is 6.30. The molecule has 1 N–H and O–H groups in total. The molecule has 0 aliphatic heterocycles. The van der Waals surface area contributed by atoms with Crippen LogP contribution in [0.4, 0.5) is 5.13 Å². The van der Waals surface area contributed by atoms with Crippen LogP contribution in [0.3, 0.4) is 0 Å². The van der Waals surface area contributed by atoms with Gasteiger partial charge in [0, 0.05) is 5.56 Å². The standard InChI is InChI=1S/C12H14N4OS/c1-16(2)8-10-14-15-12(18-10)13-11(17)9-6-4-3-5-7-9/h3-7H,8H2,1-2H3,(H,13,15,17). The number of carbonyl (C=O) groups is 1. The van der Waals surface area contributed by atoms with Crippen LogP contribution in [0.15, 0.2) is 30.3 Å². The third kappa shape index (κ3) is 3.35. The van der Waals surface area contributed by atoms with Crippen LogP contribution >= 0.6 is 11.3 Å². The molecule has 0 radical (unpaired) electrons. The SMILES string of the molecule is CN(C)Cc1nnc(NC(=O)c2ccccc2)s1. The minimum atomic E-state index is -0.164. The number of benzene rings is 1. The average molecular weight is 262 g/mol. The Balaban J connectivity index is 2.01. The van der Waals surface area contributed by atoms with Crippen molar-refractivity contribution in [1.82, 2.24) is 15.1 Å². The first-order valence-electron chi connectivity index (χ1n) is 5.48. The monoisotopic (exact) mass is 262 g/mol. The summed E-state index contributed by atoms with van der Waals surface area (Å²) in [4.78, 5) is 13.9. The van der Waals surface area contributed by atoms with Gasteiger partial charge >= 0.3 is 0 Å². The Labute approximate surface area is 109 Å². The lowest BCUT2D eigenvalue weighted by molar-refractivity contribution is 0.102. The van der Waals surface area contributed by atoms with E-state index >= 15 is 0 Å². The van der Waals surface area contributed by atoms with Crippen LogP contribution in [0.5, 0.6) is 0 Å². The van der Waals surface area contributed by atoms with E-state index < -0.39 is 0 Å². The molecule has 94 valence electrons. The van der Waals surface area contributed by atoms with Crippen LogP contribution in [0.1, 0.15) is 15.4 Å². The van der Waals surface area contributed by atoms with Gasteiger partial charge in [0.25, 0.3) is 5.91 Å². The van der Waals surface area contributed by atoms with Crippen molar-refractivity contribution in [2.45, 2.75) is 6.54 Å². The van der Waals surface area contributed by atoms with E-state index in [9.17, 15) is 4.79 Å². The third-order valence-corrected chi connectivity index (χ3v) is 3.00. The Morgan fingerprint density at radius 2 is 2.00 bits per heavy atom. The summed E-state index contributed by atoms with van der Waals surface area (Å²) in [5.41, 5.74) is 0.613. The summed E-state index contributed by atoms with van der Waals surface area (Å²) in [6, 6.07) is 9.05. The molecular formula is C12H14N4OS. The van der Waals surface area contributed by atoms with Gasteiger partial charge in [-0.2, -0.15) is 0 Å². The zero-order valence-electron chi connectivity index (χ0n) is 10.3. The molecule has 0 atom stereocenters. The molecule has 0 aliphatic carbocycles. The van der Waals surface area contributed by atoms with Crippen LogP contribution in [-0.2, 0) is 6.54 Å². The van der Waals surface area contributed by atoms with E-state index in [1.165, 1.54) is 11.3 Å². The zero-order valence-corrected chi connectivity index (χ0v) is 11.1. The quantitative estimate of drug-likeness (QED) is 0.913. The number of carbonyl (C=O) groups excluding carboxylic acids is 1. The second-order valence-corrected chi connectivity index (χ2v) is 5.12. The fourth-order valence-corrected chi connectivity index (χ4v) is 2.25. The molecule has 0 aliphatic rings. The first-order chi connectivity index (χ1) is 8.65. The lowest BCUT2D eigenvalue weighted by Gasteiger charge is -2.04. The number of rotatable bonds is 4. The molecule has 2 rings (SSSR count). The highest BCUT2D eigenvalue weighted by Gasteiger charge is 2.09.